The number of aromatic nitrogens is 1. The van der Waals surface area contributed by atoms with Crippen molar-refractivity contribution >= 4 is 44.5 Å². The zero-order chi connectivity index (χ0) is 16.9. The smallest absolute Gasteiger partial charge is 0.226 e. The molecule has 2 aromatic rings. The Morgan fingerprint density at radius 3 is 3.04 bits per heavy atom. The Balaban J connectivity index is 1.44. The predicted octanol–water partition coefficient (Wildman–Crippen LogP) is 4.17. The molecule has 0 spiro atoms. The highest BCUT2D eigenvalue weighted by molar-refractivity contribution is 9.10. The number of carbonyl (C=O) groups excluding carboxylic acids is 1. The third-order valence-corrected chi connectivity index (χ3v) is 7.08. The molecule has 0 bridgehead atoms. The summed E-state index contributed by atoms with van der Waals surface area (Å²) < 4.78 is 1.07. The molecule has 1 atom stereocenters. The zero-order valence-corrected chi connectivity index (χ0v) is 17.0. The van der Waals surface area contributed by atoms with Crippen molar-refractivity contribution in [3.05, 3.63) is 27.0 Å². The molecule has 4 nitrogen and oxygen atoms in total. The number of likely N-dealkylation sites (tertiary alicyclic amines) is 1. The van der Waals surface area contributed by atoms with E-state index < -0.39 is 0 Å². The van der Waals surface area contributed by atoms with E-state index in [1.165, 1.54) is 19.3 Å². The van der Waals surface area contributed by atoms with Gasteiger partial charge in [0.1, 0.15) is 5.01 Å². The SMILES string of the molecule is CC1CCCCN1CCNC(=O)Cc1csc(-c2cc(Br)cs2)n1. The van der Waals surface area contributed by atoms with Gasteiger partial charge in [-0.25, -0.2) is 4.98 Å². The number of nitrogens with zero attached hydrogens (tertiary/aromatic N) is 2. The van der Waals surface area contributed by atoms with Crippen LogP contribution in [-0.2, 0) is 11.2 Å². The fourth-order valence-electron chi connectivity index (χ4n) is 2.98. The van der Waals surface area contributed by atoms with Gasteiger partial charge in [-0.15, -0.1) is 22.7 Å². The van der Waals surface area contributed by atoms with Crippen LogP contribution < -0.4 is 5.32 Å². The van der Waals surface area contributed by atoms with Crippen molar-refractivity contribution in [2.24, 2.45) is 0 Å². The van der Waals surface area contributed by atoms with Gasteiger partial charge in [0.15, 0.2) is 0 Å². The number of hydrogen-bond acceptors (Lipinski definition) is 5. The van der Waals surface area contributed by atoms with E-state index in [1.807, 2.05) is 10.8 Å². The molecule has 2 aromatic heterocycles. The Kier molecular flexibility index (Phi) is 6.43. The highest BCUT2D eigenvalue weighted by Gasteiger charge is 2.17. The maximum atomic E-state index is 12.1. The zero-order valence-electron chi connectivity index (χ0n) is 13.8. The van der Waals surface area contributed by atoms with Crippen LogP contribution in [0.1, 0.15) is 31.9 Å². The van der Waals surface area contributed by atoms with E-state index in [1.54, 1.807) is 22.7 Å². The molecular formula is C17H22BrN3OS2. The van der Waals surface area contributed by atoms with Gasteiger partial charge < -0.3 is 5.32 Å². The third-order valence-electron chi connectivity index (χ3n) is 4.33. The van der Waals surface area contributed by atoms with Gasteiger partial charge in [-0.2, -0.15) is 0 Å². The van der Waals surface area contributed by atoms with Gasteiger partial charge in [0.2, 0.25) is 5.91 Å². The largest absolute Gasteiger partial charge is 0.354 e. The fourth-order valence-corrected chi connectivity index (χ4v) is 5.31. The number of thiazole rings is 1. The number of nitrogens with one attached hydrogen (secondary N) is 1. The highest BCUT2D eigenvalue weighted by atomic mass is 79.9. The van der Waals surface area contributed by atoms with Gasteiger partial charge in [-0.05, 0) is 48.3 Å². The summed E-state index contributed by atoms with van der Waals surface area (Å²) in [6, 6.07) is 2.70. The summed E-state index contributed by atoms with van der Waals surface area (Å²) in [5.74, 6) is 0.0591. The summed E-state index contributed by atoms with van der Waals surface area (Å²) in [6.07, 6.45) is 4.24. The van der Waals surface area contributed by atoms with Crippen LogP contribution in [0.25, 0.3) is 9.88 Å². The molecule has 1 N–H and O–H groups in total. The van der Waals surface area contributed by atoms with Crippen LogP contribution in [0.4, 0.5) is 0 Å². The Hall–Kier alpha value is -0.760. The van der Waals surface area contributed by atoms with Crippen molar-refractivity contribution in [2.45, 2.75) is 38.6 Å². The van der Waals surface area contributed by atoms with Gasteiger partial charge >= 0.3 is 0 Å². The van der Waals surface area contributed by atoms with E-state index in [9.17, 15) is 4.79 Å². The average molecular weight is 428 g/mol. The lowest BCUT2D eigenvalue weighted by Crippen LogP contribution is -2.42. The number of rotatable bonds is 6. The highest BCUT2D eigenvalue weighted by Crippen LogP contribution is 2.32. The Morgan fingerprint density at radius 1 is 1.42 bits per heavy atom. The van der Waals surface area contributed by atoms with E-state index in [4.69, 9.17) is 0 Å². The molecule has 1 amide bonds. The second-order valence-corrected chi connectivity index (χ2v) is 8.87. The summed E-state index contributed by atoms with van der Waals surface area (Å²) in [5.41, 5.74) is 0.850. The topological polar surface area (TPSA) is 45.2 Å². The molecular weight excluding hydrogens is 406 g/mol. The van der Waals surface area contributed by atoms with E-state index in [0.29, 0.717) is 12.5 Å². The molecule has 7 heteroatoms. The van der Waals surface area contributed by atoms with Crippen LogP contribution >= 0.6 is 38.6 Å². The van der Waals surface area contributed by atoms with Crippen molar-refractivity contribution < 1.29 is 4.79 Å². The molecule has 0 aromatic carbocycles. The number of carbonyl (C=O) groups is 1. The van der Waals surface area contributed by atoms with E-state index in [0.717, 1.165) is 39.7 Å². The molecule has 3 rings (SSSR count). The van der Waals surface area contributed by atoms with Crippen LogP contribution in [0.3, 0.4) is 0 Å². The minimum atomic E-state index is 0.0591. The monoisotopic (exact) mass is 427 g/mol. The lowest BCUT2D eigenvalue weighted by molar-refractivity contribution is -0.120. The van der Waals surface area contributed by atoms with E-state index in [-0.39, 0.29) is 5.91 Å². The van der Waals surface area contributed by atoms with Crippen molar-refractivity contribution in [1.29, 1.82) is 0 Å². The standard InChI is InChI=1S/C17H22BrN3OS2/c1-12-4-2-3-6-21(12)7-5-19-16(22)9-14-11-24-17(20-14)15-8-13(18)10-23-15/h8,10-12H,2-7,9H2,1H3,(H,19,22). The molecule has 0 saturated carbocycles. The minimum absolute atomic E-state index is 0.0591. The first kappa shape index (κ1) is 18.0. The molecule has 3 heterocycles. The van der Waals surface area contributed by atoms with E-state index in [2.05, 4.69) is 44.1 Å². The molecule has 24 heavy (non-hydrogen) atoms. The summed E-state index contributed by atoms with van der Waals surface area (Å²) in [4.78, 5) is 20.3. The van der Waals surface area contributed by atoms with Crippen LogP contribution in [-0.4, -0.2) is 41.5 Å². The lowest BCUT2D eigenvalue weighted by Gasteiger charge is -2.33. The van der Waals surface area contributed by atoms with Gasteiger partial charge in [-0.3, -0.25) is 9.69 Å². The summed E-state index contributed by atoms with van der Waals surface area (Å²) >= 11 is 6.72. The Bertz CT molecular complexity index is 685. The predicted molar refractivity (Wildman–Crippen MR) is 105 cm³/mol. The lowest BCUT2D eigenvalue weighted by atomic mass is 10.0. The van der Waals surface area contributed by atoms with E-state index >= 15 is 0 Å². The maximum Gasteiger partial charge on any atom is 0.226 e. The van der Waals surface area contributed by atoms with Crippen LogP contribution in [0.15, 0.2) is 21.3 Å². The van der Waals surface area contributed by atoms with Crippen LogP contribution in [0.5, 0.6) is 0 Å². The summed E-state index contributed by atoms with van der Waals surface area (Å²) in [6.45, 7) is 5.10. The molecule has 0 aliphatic carbocycles. The Morgan fingerprint density at radius 2 is 2.29 bits per heavy atom. The summed E-state index contributed by atoms with van der Waals surface area (Å²) in [7, 11) is 0. The van der Waals surface area contributed by atoms with Crippen LogP contribution in [0.2, 0.25) is 0 Å². The Labute approximate surface area is 159 Å². The maximum absolute atomic E-state index is 12.1. The normalized spacial score (nSPS) is 18.7. The third kappa shape index (κ3) is 4.88. The number of piperidine rings is 1. The number of hydrogen-bond donors (Lipinski definition) is 1. The second kappa shape index (κ2) is 8.56. The molecule has 1 aliphatic heterocycles. The number of halogens is 1. The average Bonchev–Trinajstić information content (AvgIpc) is 3.18. The van der Waals surface area contributed by atoms with Gasteiger partial charge in [0.25, 0.3) is 0 Å². The first-order chi connectivity index (χ1) is 11.6. The molecule has 1 saturated heterocycles. The van der Waals surface area contributed by atoms with Crippen LogP contribution in [0, 0.1) is 0 Å². The van der Waals surface area contributed by atoms with Crippen molar-refractivity contribution in [2.75, 3.05) is 19.6 Å². The van der Waals surface area contributed by atoms with Gasteiger partial charge in [0, 0.05) is 34.4 Å². The number of thiophene rings is 1. The van der Waals surface area contributed by atoms with Crippen molar-refractivity contribution in [3.63, 3.8) is 0 Å². The molecule has 1 fully saturated rings. The van der Waals surface area contributed by atoms with Crippen molar-refractivity contribution in [3.8, 4) is 9.88 Å². The van der Waals surface area contributed by atoms with Crippen molar-refractivity contribution in [1.82, 2.24) is 15.2 Å². The van der Waals surface area contributed by atoms with Gasteiger partial charge in [-0.1, -0.05) is 6.42 Å². The first-order valence-corrected chi connectivity index (χ1v) is 10.9. The molecule has 1 aliphatic rings. The quantitative estimate of drug-likeness (QED) is 0.751. The first-order valence-electron chi connectivity index (χ1n) is 8.31. The molecule has 130 valence electrons. The number of amides is 1. The molecule has 1 unspecified atom stereocenters. The fraction of sp³-hybridized carbons (Fsp3) is 0.529. The van der Waals surface area contributed by atoms with Gasteiger partial charge in [0.05, 0.1) is 17.0 Å². The molecule has 0 radical (unpaired) electrons. The second-order valence-electron chi connectivity index (χ2n) is 6.18. The summed E-state index contributed by atoms with van der Waals surface area (Å²) in [5, 5.41) is 8.04. The minimum Gasteiger partial charge on any atom is -0.354 e.